The number of carbonyl (C=O) groups is 1. The van der Waals surface area contributed by atoms with Crippen LogP contribution in [0, 0.1) is 0 Å². The highest BCUT2D eigenvalue weighted by atomic mass is 35.5. The zero-order chi connectivity index (χ0) is 11.4. The van der Waals surface area contributed by atoms with Gasteiger partial charge in [0.05, 0.1) is 11.7 Å². The van der Waals surface area contributed by atoms with Gasteiger partial charge in [0.15, 0.2) is 0 Å². The first-order valence-electron chi connectivity index (χ1n) is 5.27. The Kier molecular flexibility index (Phi) is 3.74. The van der Waals surface area contributed by atoms with Crippen molar-refractivity contribution in [2.24, 2.45) is 0 Å². The molecule has 2 heterocycles. The molecule has 1 aliphatic rings. The predicted molar refractivity (Wildman–Crippen MR) is 60.6 cm³/mol. The number of pyridine rings is 1. The standard InChI is InChI=1S/C11H13ClN2O2/c12-10-4-3-8(6-13-10)11(15)14-7-9-2-1-5-16-9/h3-4,6,9H,1-2,5,7H2,(H,14,15). The average Bonchev–Trinajstić information content (AvgIpc) is 2.80. The molecule has 4 nitrogen and oxygen atoms in total. The third-order valence-electron chi connectivity index (χ3n) is 2.50. The maximum atomic E-state index is 11.7. The zero-order valence-electron chi connectivity index (χ0n) is 8.78. The van der Waals surface area contributed by atoms with Crippen molar-refractivity contribution in [2.75, 3.05) is 13.2 Å². The summed E-state index contributed by atoms with van der Waals surface area (Å²) in [5, 5.41) is 3.20. The van der Waals surface area contributed by atoms with Gasteiger partial charge in [-0.1, -0.05) is 11.6 Å². The lowest BCUT2D eigenvalue weighted by molar-refractivity contribution is 0.0857. The van der Waals surface area contributed by atoms with E-state index in [0.29, 0.717) is 17.3 Å². The Hall–Kier alpha value is -1.13. The summed E-state index contributed by atoms with van der Waals surface area (Å²) in [6.45, 7) is 1.35. The Labute approximate surface area is 99.0 Å². The predicted octanol–water partition coefficient (Wildman–Crippen LogP) is 1.64. The Morgan fingerprint density at radius 3 is 3.12 bits per heavy atom. The van der Waals surface area contributed by atoms with Gasteiger partial charge < -0.3 is 10.1 Å². The molecule has 0 spiro atoms. The third-order valence-corrected chi connectivity index (χ3v) is 2.73. The largest absolute Gasteiger partial charge is 0.376 e. The van der Waals surface area contributed by atoms with Crippen LogP contribution in [0.25, 0.3) is 0 Å². The van der Waals surface area contributed by atoms with Crippen molar-refractivity contribution in [1.82, 2.24) is 10.3 Å². The highest BCUT2D eigenvalue weighted by Gasteiger charge is 2.16. The van der Waals surface area contributed by atoms with Gasteiger partial charge in [-0.2, -0.15) is 0 Å². The van der Waals surface area contributed by atoms with Crippen molar-refractivity contribution in [3.63, 3.8) is 0 Å². The van der Waals surface area contributed by atoms with Gasteiger partial charge in [-0.15, -0.1) is 0 Å². The van der Waals surface area contributed by atoms with Crippen molar-refractivity contribution in [3.8, 4) is 0 Å². The molecule has 1 N–H and O–H groups in total. The summed E-state index contributed by atoms with van der Waals surface area (Å²) in [4.78, 5) is 15.5. The first-order valence-corrected chi connectivity index (χ1v) is 5.65. The molecule has 1 aromatic rings. The first-order chi connectivity index (χ1) is 7.75. The van der Waals surface area contributed by atoms with E-state index in [0.717, 1.165) is 19.4 Å². The van der Waals surface area contributed by atoms with E-state index in [-0.39, 0.29) is 12.0 Å². The number of aromatic nitrogens is 1. The summed E-state index contributed by atoms with van der Waals surface area (Å²) in [5.41, 5.74) is 0.516. The summed E-state index contributed by atoms with van der Waals surface area (Å²) in [5.74, 6) is -0.139. The second-order valence-corrected chi connectivity index (χ2v) is 4.10. The van der Waals surface area contributed by atoms with Crippen LogP contribution in [0.5, 0.6) is 0 Å². The molecule has 16 heavy (non-hydrogen) atoms. The molecule has 86 valence electrons. The third kappa shape index (κ3) is 2.93. The van der Waals surface area contributed by atoms with Crippen molar-refractivity contribution >= 4 is 17.5 Å². The summed E-state index contributed by atoms with van der Waals surface area (Å²) < 4.78 is 5.41. The highest BCUT2D eigenvalue weighted by molar-refractivity contribution is 6.29. The number of amides is 1. The normalized spacial score (nSPS) is 19.7. The van der Waals surface area contributed by atoms with Gasteiger partial charge in [-0.3, -0.25) is 4.79 Å². The van der Waals surface area contributed by atoms with E-state index < -0.39 is 0 Å². The molecule has 1 unspecified atom stereocenters. The van der Waals surface area contributed by atoms with Crippen LogP contribution in [0.3, 0.4) is 0 Å². The van der Waals surface area contributed by atoms with E-state index in [1.54, 1.807) is 12.1 Å². The van der Waals surface area contributed by atoms with Crippen molar-refractivity contribution < 1.29 is 9.53 Å². The molecule has 0 aliphatic carbocycles. The lowest BCUT2D eigenvalue weighted by Gasteiger charge is -2.10. The van der Waals surface area contributed by atoms with E-state index in [9.17, 15) is 4.79 Å². The molecule has 1 atom stereocenters. The maximum absolute atomic E-state index is 11.7. The molecule has 0 aromatic carbocycles. The van der Waals surface area contributed by atoms with Gasteiger partial charge >= 0.3 is 0 Å². The van der Waals surface area contributed by atoms with Gasteiger partial charge in [-0.25, -0.2) is 4.98 Å². The van der Waals surface area contributed by atoms with E-state index in [2.05, 4.69) is 10.3 Å². The number of nitrogens with zero attached hydrogens (tertiary/aromatic N) is 1. The topological polar surface area (TPSA) is 51.2 Å². The summed E-state index contributed by atoms with van der Waals surface area (Å²) in [6.07, 6.45) is 3.71. The van der Waals surface area contributed by atoms with Crippen LogP contribution >= 0.6 is 11.6 Å². The van der Waals surface area contributed by atoms with Crippen LogP contribution in [0.1, 0.15) is 23.2 Å². The molecule has 2 rings (SSSR count). The number of rotatable bonds is 3. The number of halogens is 1. The van der Waals surface area contributed by atoms with Gasteiger partial charge in [0, 0.05) is 19.3 Å². The van der Waals surface area contributed by atoms with Crippen molar-refractivity contribution in [3.05, 3.63) is 29.0 Å². The number of ether oxygens (including phenoxy) is 1. The molecule has 1 aromatic heterocycles. The Morgan fingerprint density at radius 1 is 1.62 bits per heavy atom. The minimum absolute atomic E-state index is 0.139. The molecule has 0 saturated carbocycles. The minimum Gasteiger partial charge on any atom is -0.376 e. The second kappa shape index (κ2) is 5.27. The average molecular weight is 241 g/mol. The van der Waals surface area contributed by atoms with Gasteiger partial charge in [0.1, 0.15) is 5.15 Å². The fourth-order valence-electron chi connectivity index (χ4n) is 1.62. The quantitative estimate of drug-likeness (QED) is 0.818. The summed E-state index contributed by atoms with van der Waals surface area (Å²) in [6, 6.07) is 3.25. The smallest absolute Gasteiger partial charge is 0.252 e. The molecule has 1 fully saturated rings. The maximum Gasteiger partial charge on any atom is 0.252 e. The van der Waals surface area contributed by atoms with E-state index in [1.807, 2.05) is 0 Å². The van der Waals surface area contributed by atoms with Crippen LogP contribution in [-0.4, -0.2) is 30.1 Å². The molecule has 1 saturated heterocycles. The van der Waals surface area contributed by atoms with Crippen LogP contribution in [0.15, 0.2) is 18.3 Å². The Morgan fingerprint density at radius 2 is 2.50 bits per heavy atom. The SMILES string of the molecule is O=C(NCC1CCCO1)c1ccc(Cl)nc1. The van der Waals surface area contributed by atoms with Crippen LogP contribution in [0.2, 0.25) is 5.15 Å². The molecular weight excluding hydrogens is 228 g/mol. The molecule has 5 heteroatoms. The second-order valence-electron chi connectivity index (χ2n) is 3.71. The molecule has 0 bridgehead atoms. The summed E-state index contributed by atoms with van der Waals surface area (Å²) in [7, 11) is 0. The molecule has 1 amide bonds. The Bertz CT molecular complexity index is 361. The molecular formula is C11H13ClN2O2. The lowest BCUT2D eigenvalue weighted by Crippen LogP contribution is -2.31. The molecule has 1 aliphatic heterocycles. The van der Waals surface area contributed by atoms with Gasteiger partial charge in [-0.05, 0) is 25.0 Å². The van der Waals surface area contributed by atoms with Crippen LogP contribution in [0.4, 0.5) is 0 Å². The van der Waals surface area contributed by atoms with Crippen molar-refractivity contribution in [1.29, 1.82) is 0 Å². The molecule has 0 radical (unpaired) electrons. The number of carbonyl (C=O) groups excluding carboxylic acids is 1. The Balaban J connectivity index is 1.85. The monoisotopic (exact) mass is 240 g/mol. The van der Waals surface area contributed by atoms with E-state index in [1.165, 1.54) is 6.20 Å². The highest BCUT2D eigenvalue weighted by Crippen LogP contribution is 2.11. The lowest BCUT2D eigenvalue weighted by atomic mass is 10.2. The van der Waals surface area contributed by atoms with E-state index in [4.69, 9.17) is 16.3 Å². The number of hydrogen-bond donors (Lipinski definition) is 1. The van der Waals surface area contributed by atoms with Crippen LogP contribution in [-0.2, 0) is 4.74 Å². The summed E-state index contributed by atoms with van der Waals surface area (Å²) >= 11 is 5.63. The van der Waals surface area contributed by atoms with Crippen LogP contribution < -0.4 is 5.32 Å². The fourth-order valence-corrected chi connectivity index (χ4v) is 1.74. The zero-order valence-corrected chi connectivity index (χ0v) is 9.54. The van der Waals surface area contributed by atoms with Crippen molar-refractivity contribution in [2.45, 2.75) is 18.9 Å². The number of hydrogen-bond acceptors (Lipinski definition) is 3. The van der Waals surface area contributed by atoms with Gasteiger partial charge in [0.25, 0.3) is 5.91 Å². The minimum atomic E-state index is -0.139. The van der Waals surface area contributed by atoms with E-state index >= 15 is 0 Å². The first kappa shape index (κ1) is 11.4. The number of nitrogens with one attached hydrogen (secondary N) is 1. The van der Waals surface area contributed by atoms with Gasteiger partial charge in [0.2, 0.25) is 0 Å². The fraction of sp³-hybridized carbons (Fsp3) is 0.455.